The fraction of sp³-hybridized carbons (Fsp3) is 0.500. The summed E-state index contributed by atoms with van der Waals surface area (Å²) in [5.74, 6) is -0.391. The van der Waals surface area contributed by atoms with Gasteiger partial charge in [-0.15, -0.1) is 0 Å². The van der Waals surface area contributed by atoms with Crippen LogP contribution in [-0.4, -0.2) is 61.5 Å². The highest BCUT2D eigenvalue weighted by molar-refractivity contribution is 5.98. The molecule has 0 saturated carbocycles. The van der Waals surface area contributed by atoms with E-state index < -0.39 is 0 Å². The Bertz CT molecular complexity index is 508. The lowest BCUT2D eigenvalue weighted by Crippen LogP contribution is -2.47. The smallest absolute Gasteiger partial charge is 0.338 e. The first-order chi connectivity index (χ1) is 10.1. The average Bonchev–Trinajstić information content (AvgIpc) is 2.52. The van der Waals surface area contributed by atoms with Gasteiger partial charge in [0.1, 0.15) is 0 Å². The summed E-state index contributed by atoms with van der Waals surface area (Å²) in [6.45, 7) is 5.55. The Kier molecular flexibility index (Phi) is 5.33. The number of rotatable bonds is 4. The Morgan fingerprint density at radius 1 is 1.14 bits per heavy atom. The zero-order valence-corrected chi connectivity index (χ0v) is 12.7. The number of likely N-dealkylation sites (N-methyl/N-ethyl adjacent to an activating group) is 1. The molecule has 1 aliphatic rings. The minimum Gasteiger partial charge on any atom is -0.462 e. The fourth-order valence-electron chi connectivity index (χ4n) is 2.25. The molecule has 0 spiro atoms. The Labute approximate surface area is 125 Å². The SMILES string of the molecule is CCCOC(=O)c1cccc(C(=O)N2CCN(C)CC2)c1. The third-order valence-corrected chi connectivity index (χ3v) is 3.57. The standard InChI is InChI=1S/C16H22N2O3/c1-3-11-21-16(20)14-6-4-5-13(12-14)15(19)18-9-7-17(2)8-10-18/h4-6,12H,3,7-11H2,1-2H3. The van der Waals surface area contributed by atoms with E-state index in [1.165, 1.54) is 0 Å². The second-order valence-corrected chi connectivity index (χ2v) is 5.31. The van der Waals surface area contributed by atoms with E-state index in [2.05, 4.69) is 4.90 Å². The van der Waals surface area contributed by atoms with Crippen LogP contribution in [0.1, 0.15) is 34.1 Å². The van der Waals surface area contributed by atoms with E-state index in [0.29, 0.717) is 17.7 Å². The summed E-state index contributed by atoms with van der Waals surface area (Å²) >= 11 is 0. The molecule has 1 aromatic carbocycles. The van der Waals surface area contributed by atoms with Gasteiger partial charge in [-0.25, -0.2) is 4.79 Å². The highest BCUT2D eigenvalue weighted by Gasteiger charge is 2.21. The molecule has 21 heavy (non-hydrogen) atoms. The topological polar surface area (TPSA) is 49.9 Å². The molecule has 0 aromatic heterocycles. The lowest BCUT2D eigenvalue weighted by atomic mass is 10.1. The lowest BCUT2D eigenvalue weighted by Gasteiger charge is -2.32. The monoisotopic (exact) mass is 290 g/mol. The van der Waals surface area contributed by atoms with Crippen molar-refractivity contribution in [2.75, 3.05) is 39.8 Å². The second kappa shape index (κ2) is 7.22. The van der Waals surface area contributed by atoms with Crippen LogP contribution in [0.2, 0.25) is 0 Å². The Morgan fingerprint density at radius 2 is 1.81 bits per heavy atom. The molecule has 5 heteroatoms. The summed E-state index contributed by atoms with van der Waals surface area (Å²) in [5, 5.41) is 0. The number of carbonyl (C=O) groups is 2. The highest BCUT2D eigenvalue weighted by atomic mass is 16.5. The minimum absolute atomic E-state index is 0.0201. The maximum atomic E-state index is 12.5. The van der Waals surface area contributed by atoms with Gasteiger partial charge in [-0.3, -0.25) is 4.79 Å². The van der Waals surface area contributed by atoms with Crippen molar-refractivity contribution in [3.63, 3.8) is 0 Å². The van der Waals surface area contributed by atoms with Gasteiger partial charge in [-0.2, -0.15) is 0 Å². The van der Waals surface area contributed by atoms with E-state index in [4.69, 9.17) is 4.74 Å². The van der Waals surface area contributed by atoms with Gasteiger partial charge in [0.05, 0.1) is 12.2 Å². The number of esters is 1. The highest BCUT2D eigenvalue weighted by Crippen LogP contribution is 2.11. The van der Waals surface area contributed by atoms with Crippen LogP contribution in [0.25, 0.3) is 0 Å². The van der Waals surface area contributed by atoms with Crippen LogP contribution in [0.4, 0.5) is 0 Å². The largest absolute Gasteiger partial charge is 0.462 e. The van der Waals surface area contributed by atoms with Crippen molar-refractivity contribution in [2.45, 2.75) is 13.3 Å². The van der Waals surface area contributed by atoms with Gasteiger partial charge in [0.15, 0.2) is 0 Å². The number of amides is 1. The number of nitrogens with zero attached hydrogens (tertiary/aromatic N) is 2. The second-order valence-electron chi connectivity index (χ2n) is 5.31. The minimum atomic E-state index is -0.370. The van der Waals surface area contributed by atoms with Crippen LogP contribution >= 0.6 is 0 Å². The number of hydrogen-bond donors (Lipinski definition) is 0. The summed E-state index contributed by atoms with van der Waals surface area (Å²) in [6.07, 6.45) is 0.783. The number of ether oxygens (including phenoxy) is 1. The van der Waals surface area contributed by atoms with Crippen molar-refractivity contribution in [2.24, 2.45) is 0 Å². The quantitative estimate of drug-likeness (QED) is 0.791. The van der Waals surface area contributed by atoms with Crippen LogP contribution < -0.4 is 0 Å². The van der Waals surface area contributed by atoms with Crippen molar-refractivity contribution in [1.82, 2.24) is 9.80 Å². The third-order valence-electron chi connectivity index (χ3n) is 3.57. The predicted octanol–water partition coefficient (Wildman–Crippen LogP) is 1.64. The molecule has 5 nitrogen and oxygen atoms in total. The van der Waals surface area contributed by atoms with E-state index in [0.717, 1.165) is 32.6 Å². The van der Waals surface area contributed by atoms with Gasteiger partial charge in [0, 0.05) is 31.7 Å². The molecule has 1 fully saturated rings. The van der Waals surface area contributed by atoms with E-state index in [1.54, 1.807) is 24.3 Å². The molecule has 1 amide bonds. The average molecular weight is 290 g/mol. The Balaban J connectivity index is 2.06. The van der Waals surface area contributed by atoms with Gasteiger partial charge >= 0.3 is 5.97 Å². The molecule has 0 N–H and O–H groups in total. The van der Waals surface area contributed by atoms with Crippen LogP contribution in [0.15, 0.2) is 24.3 Å². The summed E-state index contributed by atoms with van der Waals surface area (Å²) in [7, 11) is 2.05. The van der Waals surface area contributed by atoms with Crippen molar-refractivity contribution >= 4 is 11.9 Å². The molecule has 0 unspecified atom stereocenters. The maximum Gasteiger partial charge on any atom is 0.338 e. The molecule has 0 aliphatic carbocycles. The Hall–Kier alpha value is -1.88. The normalized spacial score (nSPS) is 15.8. The molecular weight excluding hydrogens is 268 g/mol. The van der Waals surface area contributed by atoms with Crippen LogP contribution in [0, 0.1) is 0 Å². The third kappa shape index (κ3) is 4.04. The van der Waals surface area contributed by atoms with E-state index in [9.17, 15) is 9.59 Å². The zero-order valence-electron chi connectivity index (χ0n) is 12.7. The molecular formula is C16H22N2O3. The number of piperazine rings is 1. The summed E-state index contributed by atoms with van der Waals surface area (Å²) in [5.41, 5.74) is 0.980. The van der Waals surface area contributed by atoms with E-state index >= 15 is 0 Å². The van der Waals surface area contributed by atoms with E-state index in [-0.39, 0.29) is 11.9 Å². The van der Waals surface area contributed by atoms with Crippen LogP contribution in [0.3, 0.4) is 0 Å². The van der Waals surface area contributed by atoms with Gasteiger partial charge < -0.3 is 14.5 Å². The van der Waals surface area contributed by atoms with Gasteiger partial charge in [0.2, 0.25) is 0 Å². The van der Waals surface area contributed by atoms with Crippen molar-refractivity contribution < 1.29 is 14.3 Å². The van der Waals surface area contributed by atoms with Crippen LogP contribution in [0.5, 0.6) is 0 Å². The first-order valence-electron chi connectivity index (χ1n) is 7.37. The first kappa shape index (κ1) is 15.5. The molecule has 1 aromatic rings. The molecule has 1 aliphatic heterocycles. The van der Waals surface area contributed by atoms with E-state index in [1.807, 2.05) is 18.9 Å². The number of benzene rings is 1. The lowest BCUT2D eigenvalue weighted by molar-refractivity contribution is 0.0505. The van der Waals surface area contributed by atoms with Gasteiger partial charge in [0.25, 0.3) is 5.91 Å². The number of carbonyl (C=O) groups excluding carboxylic acids is 2. The molecule has 0 radical (unpaired) electrons. The predicted molar refractivity (Wildman–Crippen MR) is 80.4 cm³/mol. The summed E-state index contributed by atoms with van der Waals surface area (Å²) < 4.78 is 5.10. The molecule has 2 rings (SSSR count). The molecule has 114 valence electrons. The van der Waals surface area contributed by atoms with Gasteiger partial charge in [-0.1, -0.05) is 13.0 Å². The fourth-order valence-corrected chi connectivity index (χ4v) is 2.25. The molecule has 1 heterocycles. The molecule has 0 bridgehead atoms. The summed E-state index contributed by atoms with van der Waals surface area (Å²) in [4.78, 5) is 28.3. The van der Waals surface area contributed by atoms with Crippen molar-refractivity contribution in [3.8, 4) is 0 Å². The van der Waals surface area contributed by atoms with Crippen LogP contribution in [-0.2, 0) is 4.74 Å². The van der Waals surface area contributed by atoms with Crippen molar-refractivity contribution in [3.05, 3.63) is 35.4 Å². The Morgan fingerprint density at radius 3 is 2.48 bits per heavy atom. The van der Waals surface area contributed by atoms with Gasteiger partial charge in [-0.05, 0) is 31.7 Å². The number of hydrogen-bond acceptors (Lipinski definition) is 4. The summed E-state index contributed by atoms with van der Waals surface area (Å²) in [6, 6.07) is 6.78. The molecule has 1 saturated heterocycles. The maximum absolute atomic E-state index is 12.5. The zero-order chi connectivity index (χ0) is 15.2. The first-order valence-corrected chi connectivity index (χ1v) is 7.37. The molecule has 0 atom stereocenters. The van der Waals surface area contributed by atoms with Crippen molar-refractivity contribution in [1.29, 1.82) is 0 Å².